The van der Waals surface area contributed by atoms with Crippen LogP contribution in [-0.2, 0) is 9.47 Å². The molecule has 2 heterocycles. The highest BCUT2D eigenvalue weighted by atomic mass is 33.1. The molecule has 2 fully saturated rings. The Balaban J connectivity index is 2.39. The zero-order chi connectivity index (χ0) is 26.1. The lowest BCUT2D eigenvalue weighted by Crippen LogP contribution is -2.49. The lowest BCUT2D eigenvalue weighted by Gasteiger charge is -2.45. The van der Waals surface area contributed by atoms with Crippen molar-refractivity contribution in [3.8, 4) is 24.3 Å². The maximum Gasteiger partial charge on any atom is 0.146 e. The smallest absolute Gasteiger partial charge is 0.146 e. The summed E-state index contributed by atoms with van der Waals surface area (Å²) >= 11 is 2.89. The normalized spacial score (nSPS) is 30.5. The van der Waals surface area contributed by atoms with E-state index in [0.717, 1.165) is 9.81 Å². The number of nitriles is 4. The fourth-order valence-electron chi connectivity index (χ4n) is 3.70. The SMILES string of the molecule is CC1(C)OC(CC#N)(C(C)(C)SSC(C)(C)C2(CC#N)OC(C)(C)C(=CC#N)S2)SC1=CC#N. The fraction of sp³-hybridized carbons (Fsp3) is 0.667. The van der Waals surface area contributed by atoms with E-state index in [1.165, 1.54) is 35.7 Å². The third-order valence-corrected chi connectivity index (χ3v) is 14.3. The molecule has 2 rings (SSSR count). The molecule has 0 spiro atoms. The van der Waals surface area contributed by atoms with Gasteiger partial charge in [0.05, 0.1) is 57.8 Å². The van der Waals surface area contributed by atoms with Gasteiger partial charge in [-0.25, -0.2) is 0 Å². The van der Waals surface area contributed by atoms with Gasteiger partial charge in [0.25, 0.3) is 0 Å². The Morgan fingerprint density at radius 2 is 1.06 bits per heavy atom. The van der Waals surface area contributed by atoms with Crippen LogP contribution in [0, 0.1) is 45.3 Å². The van der Waals surface area contributed by atoms with Gasteiger partial charge in [0.1, 0.15) is 9.87 Å². The first kappa shape index (κ1) is 29.0. The van der Waals surface area contributed by atoms with Gasteiger partial charge in [0.2, 0.25) is 0 Å². The summed E-state index contributed by atoms with van der Waals surface area (Å²) in [6, 6.07) is 8.75. The zero-order valence-electron chi connectivity index (χ0n) is 20.8. The highest BCUT2D eigenvalue weighted by Crippen LogP contribution is 2.66. The average Bonchev–Trinajstić information content (AvgIpc) is 3.13. The second kappa shape index (κ2) is 10.0. The van der Waals surface area contributed by atoms with Gasteiger partial charge >= 0.3 is 0 Å². The van der Waals surface area contributed by atoms with Crippen LogP contribution in [0.2, 0.25) is 0 Å². The Kier molecular flexibility index (Phi) is 8.55. The van der Waals surface area contributed by atoms with Crippen LogP contribution < -0.4 is 0 Å². The van der Waals surface area contributed by atoms with Crippen LogP contribution in [-0.4, -0.2) is 30.6 Å². The summed E-state index contributed by atoms with van der Waals surface area (Å²) in [4.78, 5) is -0.128. The molecular weight excluding hydrogens is 505 g/mol. The molecule has 182 valence electrons. The van der Waals surface area contributed by atoms with Gasteiger partial charge in [-0.1, -0.05) is 45.1 Å². The van der Waals surface area contributed by atoms with Gasteiger partial charge in [0, 0.05) is 22.0 Å². The summed E-state index contributed by atoms with van der Waals surface area (Å²) in [5.74, 6) is 0. The molecule has 2 unspecified atom stereocenters. The molecule has 2 aliphatic rings. The number of rotatable bonds is 7. The van der Waals surface area contributed by atoms with E-state index in [1.807, 2.05) is 55.4 Å². The molecule has 0 aromatic rings. The summed E-state index contributed by atoms with van der Waals surface area (Å²) < 4.78 is 11.9. The predicted molar refractivity (Wildman–Crippen MR) is 142 cm³/mol. The summed E-state index contributed by atoms with van der Waals surface area (Å²) in [6.45, 7) is 15.8. The minimum absolute atomic E-state index is 0.154. The summed E-state index contributed by atoms with van der Waals surface area (Å²) in [6.07, 6.45) is 3.30. The summed E-state index contributed by atoms with van der Waals surface area (Å²) in [7, 11) is 3.18. The third-order valence-electron chi connectivity index (χ3n) is 5.88. The summed E-state index contributed by atoms with van der Waals surface area (Å²) in [5.41, 5.74) is -1.36. The molecule has 0 aromatic heterocycles. The molecule has 0 radical (unpaired) electrons. The van der Waals surface area contributed by atoms with Gasteiger partial charge in [-0.15, -0.1) is 0 Å². The van der Waals surface area contributed by atoms with Gasteiger partial charge in [-0.3, -0.25) is 0 Å². The van der Waals surface area contributed by atoms with E-state index in [-0.39, 0.29) is 12.8 Å². The van der Waals surface area contributed by atoms with Gasteiger partial charge in [-0.2, -0.15) is 21.0 Å². The van der Waals surface area contributed by atoms with Crippen molar-refractivity contribution in [1.82, 2.24) is 0 Å². The quantitative estimate of drug-likeness (QED) is 0.249. The van der Waals surface area contributed by atoms with Crippen LogP contribution in [0.5, 0.6) is 0 Å². The highest BCUT2D eigenvalue weighted by Gasteiger charge is 2.61. The minimum atomic E-state index is -0.862. The molecule has 6 nitrogen and oxygen atoms in total. The van der Waals surface area contributed by atoms with E-state index < -0.39 is 30.6 Å². The van der Waals surface area contributed by atoms with E-state index in [4.69, 9.17) is 9.47 Å². The second-order valence-corrected chi connectivity index (χ2v) is 16.0. The van der Waals surface area contributed by atoms with Gasteiger partial charge in [0.15, 0.2) is 0 Å². The van der Waals surface area contributed by atoms with Crippen LogP contribution in [0.4, 0.5) is 0 Å². The number of allylic oxidation sites excluding steroid dienone is 2. The molecule has 0 amide bonds. The molecule has 0 bridgehead atoms. The minimum Gasteiger partial charge on any atom is -0.350 e. The molecule has 0 aromatic carbocycles. The predicted octanol–water partition coefficient (Wildman–Crippen LogP) is 7.04. The van der Waals surface area contributed by atoms with E-state index >= 15 is 0 Å². The Labute approximate surface area is 219 Å². The van der Waals surface area contributed by atoms with E-state index in [1.54, 1.807) is 21.6 Å². The van der Waals surface area contributed by atoms with Crippen molar-refractivity contribution in [3.63, 3.8) is 0 Å². The maximum absolute atomic E-state index is 9.65. The summed E-state index contributed by atoms with van der Waals surface area (Å²) in [5, 5.41) is 37.8. The van der Waals surface area contributed by atoms with E-state index in [0.29, 0.717) is 0 Å². The maximum atomic E-state index is 9.65. The first-order chi connectivity index (χ1) is 15.6. The van der Waals surface area contributed by atoms with Crippen molar-refractivity contribution in [2.45, 2.75) is 98.8 Å². The lowest BCUT2D eigenvalue weighted by atomic mass is 10.0. The number of hydrogen-bond donors (Lipinski definition) is 0. The third kappa shape index (κ3) is 5.29. The van der Waals surface area contributed by atoms with Crippen LogP contribution in [0.3, 0.4) is 0 Å². The molecule has 34 heavy (non-hydrogen) atoms. The van der Waals surface area contributed by atoms with E-state index in [9.17, 15) is 21.0 Å². The zero-order valence-corrected chi connectivity index (χ0v) is 24.1. The second-order valence-electron chi connectivity index (χ2n) is 10.1. The molecule has 2 aliphatic heterocycles. The molecule has 10 heteroatoms. The molecule has 0 aliphatic carbocycles. The lowest BCUT2D eigenvalue weighted by molar-refractivity contribution is -0.0632. The van der Waals surface area contributed by atoms with Crippen LogP contribution >= 0.6 is 45.1 Å². The standard InChI is InChI=1S/C24H30N4O2S4/c1-19(2)17(9-13-25)31-23(29-19,11-15-27)21(5,6)33-34-22(7,8)24(12-16-28)30-20(3,4)18(32-24)10-14-26/h9-10H,11-12H2,1-8H3. The largest absolute Gasteiger partial charge is 0.350 e. The molecule has 2 saturated heterocycles. The number of nitrogens with zero attached hydrogens (tertiary/aromatic N) is 4. The fourth-order valence-corrected chi connectivity index (χ4v) is 10.2. The van der Waals surface area contributed by atoms with Crippen molar-refractivity contribution >= 4 is 45.1 Å². The Morgan fingerprint density at radius 3 is 1.32 bits per heavy atom. The van der Waals surface area contributed by atoms with Crippen molar-refractivity contribution in [2.75, 3.05) is 0 Å². The Bertz CT molecular complexity index is 969. The molecule has 2 atom stereocenters. The number of ether oxygens (including phenoxy) is 2. The average molecular weight is 535 g/mol. The first-order valence-electron chi connectivity index (χ1n) is 10.7. The van der Waals surface area contributed by atoms with Gasteiger partial charge in [-0.05, 0) is 55.4 Å². The van der Waals surface area contributed by atoms with E-state index in [2.05, 4.69) is 24.3 Å². The van der Waals surface area contributed by atoms with Gasteiger partial charge < -0.3 is 9.47 Å². The van der Waals surface area contributed by atoms with Crippen LogP contribution in [0.25, 0.3) is 0 Å². The number of thioether (sulfide) groups is 2. The monoisotopic (exact) mass is 534 g/mol. The Morgan fingerprint density at radius 1 is 0.735 bits per heavy atom. The Hall–Kier alpha value is -1.24. The van der Waals surface area contributed by atoms with Crippen molar-refractivity contribution in [1.29, 1.82) is 21.0 Å². The topological polar surface area (TPSA) is 114 Å². The van der Waals surface area contributed by atoms with Crippen molar-refractivity contribution in [2.24, 2.45) is 0 Å². The van der Waals surface area contributed by atoms with Crippen LogP contribution in [0.1, 0.15) is 68.2 Å². The number of hydrogen-bond acceptors (Lipinski definition) is 10. The van der Waals surface area contributed by atoms with Crippen molar-refractivity contribution in [3.05, 3.63) is 22.0 Å². The van der Waals surface area contributed by atoms with Crippen molar-refractivity contribution < 1.29 is 9.47 Å². The first-order valence-corrected chi connectivity index (χ1v) is 14.5. The highest BCUT2D eigenvalue weighted by molar-refractivity contribution is 8.77. The molecule has 0 saturated carbocycles. The molecule has 0 N–H and O–H groups in total. The van der Waals surface area contributed by atoms with Crippen LogP contribution in [0.15, 0.2) is 22.0 Å². The molecular formula is C24H30N4O2S4.